The monoisotopic (exact) mass is 231 g/mol. The van der Waals surface area contributed by atoms with E-state index >= 15 is 0 Å². The molecule has 0 aromatic heterocycles. The van der Waals surface area contributed by atoms with E-state index in [9.17, 15) is 0 Å². The summed E-state index contributed by atoms with van der Waals surface area (Å²) < 4.78 is 11.3. The Balaban J connectivity index is 1.80. The molecule has 1 aliphatic rings. The molecule has 3 nitrogen and oxygen atoms in total. The van der Waals surface area contributed by atoms with Crippen LogP contribution in [0, 0.1) is 11.3 Å². The van der Waals surface area contributed by atoms with Gasteiger partial charge in [0.05, 0.1) is 18.6 Å². The molecular weight excluding hydrogens is 214 g/mol. The van der Waals surface area contributed by atoms with Crippen molar-refractivity contribution in [3.05, 3.63) is 29.8 Å². The lowest BCUT2D eigenvalue weighted by atomic mass is 10.1. The van der Waals surface area contributed by atoms with Gasteiger partial charge in [-0.05, 0) is 37.0 Å². The highest BCUT2D eigenvalue weighted by Crippen LogP contribution is 2.16. The van der Waals surface area contributed by atoms with Crippen LogP contribution in [0.5, 0.6) is 5.75 Å². The van der Waals surface area contributed by atoms with Crippen LogP contribution in [0.1, 0.15) is 24.8 Å². The van der Waals surface area contributed by atoms with Gasteiger partial charge < -0.3 is 9.47 Å². The molecule has 1 saturated heterocycles. The Morgan fingerprint density at radius 1 is 1.29 bits per heavy atom. The zero-order valence-electron chi connectivity index (χ0n) is 9.89. The third-order valence-corrected chi connectivity index (χ3v) is 2.92. The summed E-state index contributed by atoms with van der Waals surface area (Å²) in [6, 6.07) is 9.81. The smallest absolute Gasteiger partial charge is 0.119 e. The number of hydrogen-bond donors (Lipinski definition) is 0. The van der Waals surface area contributed by atoms with E-state index in [-0.39, 0.29) is 6.10 Å². The van der Waals surface area contributed by atoms with Crippen molar-refractivity contribution in [2.24, 2.45) is 0 Å². The summed E-state index contributed by atoms with van der Waals surface area (Å²) in [5.41, 5.74) is 1.02. The number of nitrogens with zero attached hydrogens (tertiary/aromatic N) is 1. The van der Waals surface area contributed by atoms with Crippen molar-refractivity contribution >= 4 is 0 Å². The zero-order chi connectivity index (χ0) is 11.9. The number of ether oxygens (including phenoxy) is 2. The van der Waals surface area contributed by atoms with Crippen molar-refractivity contribution in [2.45, 2.75) is 31.8 Å². The Morgan fingerprint density at radius 3 is 2.76 bits per heavy atom. The Kier molecular flexibility index (Phi) is 4.40. The van der Waals surface area contributed by atoms with E-state index in [0.29, 0.717) is 13.0 Å². The van der Waals surface area contributed by atoms with Crippen molar-refractivity contribution in [3.8, 4) is 11.8 Å². The lowest BCUT2D eigenvalue weighted by Crippen LogP contribution is -2.25. The van der Waals surface area contributed by atoms with Gasteiger partial charge in [0.2, 0.25) is 0 Å². The molecule has 0 radical (unpaired) electrons. The first-order valence-corrected chi connectivity index (χ1v) is 6.09. The van der Waals surface area contributed by atoms with Gasteiger partial charge in [-0.3, -0.25) is 0 Å². The molecule has 1 aliphatic heterocycles. The number of hydrogen-bond acceptors (Lipinski definition) is 3. The van der Waals surface area contributed by atoms with Crippen LogP contribution in [-0.4, -0.2) is 19.3 Å². The first kappa shape index (κ1) is 11.9. The number of rotatable bonds is 4. The molecule has 0 amide bonds. The maximum Gasteiger partial charge on any atom is 0.119 e. The van der Waals surface area contributed by atoms with Gasteiger partial charge in [-0.2, -0.15) is 5.26 Å². The van der Waals surface area contributed by atoms with E-state index in [4.69, 9.17) is 14.7 Å². The molecule has 1 heterocycles. The molecule has 0 bridgehead atoms. The zero-order valence-corrected chi connectivity index (χ0v) is 9.89. The predicted molar refractivity (Wildman–Crippen MR) is 64.8 cm³/mol. The molecule has 90 valence electrons. The summed E-state index contributed by atoms with van der Waals surface area (Å²) in [5, 5.41) is 8.56. The van der Waals surface area contributed by atoms with Crippen LogP contribution in [0.2, 0.25) is 0 Å². The van der Waals surface area contributed by atoms with Crippen LogP contribution in [0.15, 0.2) is 24.3 Å². The minimum atomic E-state index is 0.238. The highest BCUT2D eigenvalue weighted by atomic mass is 16.5. The minimum absolute atomic E-state index is 0.238. The van der Waals surface area contributed by atoms with E-state index in [1.165, 1.54) is 12.8 Å². The average molecular weight is 231 g/mol. The van der Waals surface area contributed by atoms with E-state index in [1.807, 2.05) is 24.3 Å². The molecule has 17 heavy (non-hydrogen) atoms. The van der Waals surface area contributed by atoms with Crippen LogP contribution >= 0.6 is 0 Å². The van der Waals surface area contributed by atoms with E-state index < -0.39 is 0 Å². The minimum Gasteiger partial charge on any atom is -0.491 e. The highest BCUT2D eigenvalue weighted by Gasteiger charge is 2.14. The van der Waals surface area contributed by atoms with Gasteiger partial charge in [-0.15, -0.1) is 0 Å². The molecule has 1 unspecified atom stereocenters. The second kappa shape index (κ2) is 6.27. The lowest BCUT2D eigenvalue weighted by molar-refractivity contribution is -0.0110. The third-order valence-electron chi connectivity index (χ3n) is 2.92. The molecule has 2 rings (SSSR count). The van der Waals surface area contributed by atoms with Gasteiger partial charge in [0.1, 0.15) is 12.4 Å². The van der Waals surface area contributed by atoms with Crippen molar-refractivity contribution in [2.75, 3.05) is 13.2 Å². The van der Waals surface area contributed by atoms with Crippen LogP contribution in [0.3, 0.4) is 0 Å². The second-order valence-corrected chi connectivity index (χ2v) is 4.28. The van der Waals surface area contributed by atoms with Crippen LogP contribution in [0.4, 0.5) is 0 Å². The lowest BCUT2D eigenvalue weighted by Gasteiger charge is -2.22. The summed E-state index contributed by atoms with van der Waals surface area (Å²) in [5.74, 6) is 0.848. The summed E-state index contributed by atoms with van der Waals surface area (Å²) in [7, 11) is 0. The Bertz CT molecular complexity index is 374. The first-order valence-electron chi connectivity index (χ1n) is 6.09. The second-order valence-electron chi connectivity index (χ2n) is 4.28. The Morgan fingerprint density at radius 2 is 2.12 bits per heavy atom. The van der Waals surface area contributed by atoms with Crippen LogP contribution < -0.4 is 4.74 Å². The maximum absolute atomic E-state index is 8.56. The third kappa shape index (κ3) is 3.76. The summed E-state index contributed by atoms with van der Waals surface area (Å²) in [6.07, 6.45) is 4.18. The predicted octanol–water partition coefficient (Wildman–Crippen LogP) is 2.70. The summed E-state index contributed by atoms with van der Waals surface area (Å²) in [4.78, 5) is 0. The van der Waals surface area contributed by atoms with Gasteiger partial charge in [-0.25, -0.2) is 0 Å². The normalized spacial score (nSPS) is 19.6. The largest absolute Gasteiger partial charge is 0.491 e. The molecule has 0 aliphatic carbocycles. The Labute approximate surface area is 102 Å². The maximum atomic E-state index is 8.56. The highest BCUT2D eigenvalue weighted by molar-refractivity contribution is 5.28. The SMILES string of the molecule is N#CCc1ccc(OCC2CCCCO2)cc1. The fourth-order valence-corrected chi connectivity index (χ4v) is 1.92. The van der Waals surface area contributed by atoms with Crippen molar-refractivity contribution in [1.82, 2.24) is 0 Å². The molecule has 1 aromatic rings. The molecule has 0 N–H and O–H groups in total. The molecular formula is C14H17NO2. The van der Waals surface area contributed by atoms with E-state index in [2.05, 4.69) is 6.07 Å². The summed E-state index contributed by atoms with van der Waals surface area (Å²) >= 11 is 0. The molecule has 1 aromatic carbocycles. The van der Waals surface area contributed by atoms with Crippen molar-refractivity contribution in [1.29, 1.82) is 5.26 Å². The first-order chi connectivity index (χ1) is 8.38. The standard InChI is InChI=1S/C14H17NO2/c15-9-8-12-4-6-13(7-5-12)17-11-14-3-1-2-10-16-14/h4-7,14H,1-3,8,10-11H2. The Hall–Kier alpha value is -1.53. The fraction of sp³-hybridized carbons (Fsp3) is 0.500. The van der Waals surface area contributed by atoms with E-state index in [1.54, 1.807) is 0 Å². The van der Waals surface area contributed by atoms with Crippen LogP contribution in [0.25, 0.3) is 0 Å². The number of benzene rings is 1. The van der Waals surface area contributed by atoms with Crippen LogP contribution in [-0.2, 0) is 11.2 Å². The van der Waals surface area contributed by atoms with E-state index in [0.717, 1.165) is 24.3 Å². The van der Waals surface area contributed by atoms with Gasteiger partial charge in [0.15, 0.2) is 0 Å². The fourth-order valence-electron chi connectivity index (χ4n) is 1.92. The molecule has 1 atom stereocenters. The van der Waals surface area contributed by atoms with Gasteiger partial charge >= 0.3 is 0 Å². The topological polar surface area (TPSA) is 42.2 Å². The molecule has 3 heteroatoms. The molecule has 1 fully saturated rings. The quantitative estimate of drug-likeness (QED) is 0.800. The molecule has 0 saturated carbocycles. The van der Waals surface area contributed by atoms with Gasteiger partial charge in [-0.1, -0.05) is 12.1 Å². The molecule has 0 spiro atoms. The van der Waals surface area contributed by atoms with Gasteiger partial charge in [0, 0.05) is 6.61 Å². The summed E-state index contributed by atoms with van der Waals surface area (Å²) in [6.45, 7) is 1.48. The average Bonchev–Trinajstić information content (AvgIpc) is 2.40. The number of nitriles is 1. The van der Waals surface area contributed by atoms with Crippen molar-refractivity contribution in [3.63, 3.8) is 0 Å². The van der Waals surface area contributed by atoms with Gasteiger partial charge in [0.25, 0.3) is 0 Å². The van der Waals surface area contributed by atoms with Crippen molar-refractivity contribution < 1.29 is 9.47 Å².